The third-order valence-corrected chi connectivity index (χ3v) is 2.52. The van der Waals surface area contributed by atoms with Crippen molar-refractivity contribution in [3.05, 3.63) is 35.4 Å². The predicted octanol–water partition coefficient (Wildman–Crippen LogP) is 2.90. The molecule has 14 heavy (non-hydrogen) atoms. The minimum absolute atomic E-state index is 0.268. The SMILES string of the molecule is Cc1ccc(C2=NOC(C)CC2)cc1. The Hall–Kier alpha value is -1.31. The van der Waals surface area contributed by atoms with Crippen LogP contribution in [0.1, 0.15) is 30.9 Å². The molecular weight excluding hydrogens is 174 g/mol. The number of benzene rings is 1. The summed E-state index contributed by atoms with van der Waals surface area (Å²) in [4.78, 5) is 5.26. The first-order chi connectivity index (χ1) is 6.75. The molecule has 0 bridgehead atoms. The van der Waals surface area contributed by atoms with Crippen LogP contribution in [0.5, 0.6) is 0 Å². The predicted molar refractivity (Wildman–Crippen MR) is 57.5 cm³/mol. The fraction of sp³-hybridized carbons (Fsp3) is 0.417. The van der Waals surface area contributed by atoms with Crippen LogP contribution in [0.3, 0.4) is 0 Å². The summed E-state index contributed by atoms with van der Waals surface area (Å²) in [6.07, 6.45) is 2.35. The Balaban J connectivity index is 2.19. The normalized spacial score (nSPS) is 21.3. The van der Waals surface area contributed by atoms with Gasteiger partial charge in [-0.2, -0.15) is 0 Å². The standard InChI is InChI=1S/C12H15NO/c1-9-3-6-11(7-4-9)12-8-5-10(2)14-13-12/h3-4,6-7,10H,5,8H2,1-2H3. The molecule has 0 spiro atoms. The van der Waals surface area contributed by atoms with Gasteiger partial charge in [0.05, 0.1) is 5.71 Å². The smallest absolute Gasteiger partial charge is 0.125 e. The van der Waals surface area contributed by atoms with Crippen molar-refractivity contribution in [2.45, 2.75) is 32.8 Å². The number of hydrogen-bond acceptors (Lipinski definition) is 2. The van der Waals surface area contributed by atoms with E-state index in [2.05, 4.69) is 43.3 Å². The molecule has 0 saturated heterocycles. The second-order valence-corrected chi connectivity index (χ2v) is 3.86. The Morgan fingerprint density at radius 3 is 2.57 bits per heavy atom. The molecule has 1 unspecified atom stereocenters. The highest BCUT2D eigenvalue weighted by molar-refractivity contribution is 6.00. The molecule has 1 atom stereocenters. The molecule has 0 amide bonds. The largest absolute Gasteiger partial charge is 0.393 e. The van der Waals surface area contributed by atoms with E-state index >= 15 is 0 Å². The lowest BCUT2D eigenvalue weighted by atomic mass is 10.0. The summed E-state index contributed by atoms with van der Waals surface area (Å²) in [5, 5.41) is 4.13. The number of aryl methyl sites for hydroxylation is 1. The summed E-state index contributed by atoms with van der Waals surface area (Å²) < 4.78 is 0. The monoisotopic (exact) mass is 189 g/mol. The molecule has 0 fully saturated rings. The Kier molecular flexibility index (Phi) is 2.53. The van der Waals surface area contributed by atoms with E-state index in [1.54, 1.807) is 0 Å². The van der Waals surface area contributed by atoms with E-state index in [-0.39, 0.29) is 6.10 Å². The third kappa shape index (κ3) is 1.95. The van der Waals surface area contributed by atoms with Crippen LogP contribution in [-0.4, -0.2) is 11.8 Å². The molecule has 0 saturated carbocycles. The summed E-state index contributed by atoms with van der Waals surface area (Å²) >= 11 is 0. The lowest BCUT2D eigenvalue weighted by Gasteiger charge is -2.17. The van der Waals surface area contributed by atoms with Gasteiger partial charge in [-0.25, -0.2) is 0 Å². The van der Waals surface area contributed by atoms with Crippen LogP contribution in [0.2, 0.25) is 0 Å². The molecule has 1 aromatic rings. The zero-order valence-electron chi connectivity index (χ0n) is 8.66. The summed E-state index contributed by atoms with van der Waals surface area (Å²) in [5.41, 5.74) is 3.53. The van der Waals surface area contributed by atoms with E-state index in [4.69, 9.17) is 4.84 Å². The number of hydrogen-bond donors (Lipinski definition) is 0. The minimum atomic E-state index is 0.268. The number of nitrogens with zero attached hydrogens (tertiary/aromatic N) is 1. The quantitative estimate of drug-likeness (QED) is 0.665. The first kappa shape index (κ1) is 9.25. The van der Waals surface area contributed by atoms with Crippen LogP contribution >= 0.6 is 0 Å². The zero-order chi connectivity index (χ0) is 9.97. The van der Waals surface area contributed by atoms with Gasteiger partial charge in [-0.1, -0.05) is 35.0 Å². The van der Waals surface area contributed by atoms with Crippen LogP contribution in [0.25, 0.3) is 0 Å². The van der Waals surface area contributed by atoms with Crippen LogP contribution in [0.4, 0.5) is 0 Å². The van der Waals surface area contributed by atoms with E-state index in [0.29, 0.717) is 0 Å². The summed E-state index contributed by atoms with van der Waals surface area (Å²) in [6, 6.07) is 8.42. The van der Waals surface area contributed by atoms with Crippen molar-refractivity contribution in [2.24, 2.45) is 5.16 Å². The lowest BCUT2D eigenvalue weighted by Crippen LogP contribution is -2.16. The molecule has 1 aromatic carbocycles. The van der Waals surface area contributed by atoms with E-state index in [0.717, 1.165) is 18.6 Å². The Labute approximate surface area is 84.6 Å². The van der Waals surface area contributed by atoms with Crippen molar-refractivity contribution in [1.29, 1.82) is 0 Å². The van der Waals surface area contributed by atoms with Gasteiger partial charge in [0.1, 0.15) is 6.10 Å². The van der Waals surface area contributed by atoms with Crippen molar-refractivity contribution in [3.63, 3.8) is 0 Å². The van der Waals surface area contributed by atoms with Gasteiger partial charge in [-0.15, -0.1) is 0 Å². The minimum Gasteiger partial charge on any atom is -0.393 e. The molecule has 1 heterocycles. The van der Waals surface area contributed by atoms with Gasteiger partial charge < -0.3 is 4.84 Å². The zero-order valence-corrected chi connectivity index (χ0v) is 8.66. The molecule has 0 radical (unpaired) electrons. The lowest BCUT2D eigenvalue weighted by molar-refractivity contribution is 0.0573. The van der Waals surface area contributed by atoms with Crippen LogP contribution in [0, 0.1) is 6.92 Å². The van der Waals surface area contributed by atoms with Crippen molar-refractivity contribution in [1.82, 2.24) is 0 Å². The van der Waals surface area contributed by atoms with Crippen molar-refractivity contribution in [3.8, 4) is 0 Å². The maximum atomic E-state index is 5.26. The van der Waals surface area contributed by atoms with Crippen LogP contribution in [-0.2, 0) is 4.84 Å². The Morgan fingerprint density at radius 2 is 2.00 bits per heavy atom. The molecular formula is C12H15NO. The fourth-order valence-electron chi connectivity index (χ4n) is 1.53. The Morgan fingerprint density at radius 1 is 1.29 bits per heavy atom. The van der Waals surface area contributed by atoms with Gasteiger partial charge in [0.2, 0.25) is 0 Å². The number of oxime groups is 1. The van der Waals surface area contributed by atoms with Crippen molar-refractivity contribution < 1.29 is 4.84 Å². The molecule has 0 aromatic heterocycles. The maximum absolute atomic E-state index is 5.26. The maximum Gasteiger partial charge on any atom is 0.125 e. The van der Waals surface area contributed by atoms with E-state index < -0.39 is 0 Å². The second-order valence-electron chi connectivity index (χ2n) is 3.86. The van der Waals surface area contributed by atoms with E-state index in [1.165, 1.54) is 11.1 Å². The van der Waals surface area contributed by atoms with Gasteiger partial charge in [-0.3, -0.25) is 0 Å². The first-order valence-corrected chi connectivity index (χ1v) is 5.05. The molecule has 2 rings (SSSR count). The fourth-order valence-corrected chi connectivity index (χ4v) is 1.53. The van der Waals surface area contributed by atoms with Crippen molar-refractivity contribution >= 4 is 5.71 Å². The van der Waals surface area contributed by atoms with Gasteiger partial charge in [0.15, 0.2) is 0 Å². The Bertz CT molecular complexity index is 340. The summed E-state index contributed by atoms with van der Waals surface area (Å²) in [7, 11) is 0. The molecule has 2 nitrogen and oxygen atoms in total. The molecule has 74 valence electrons. The summed E-state index contributed by atoms with van der Waals surface area (Å²) in [6.45, 7) is 4.14. The highest BCUT2D eigenvalue weighted by atomic mass is 16.6. The molecule has 0 aliphatic carbocycles. The van der Waals surface area contributed by atoms with E-state index in [1.807, 2.05) is 0 Å². The number of rotatable bonds is 1. The highest BCUT2D eigenvalue weighted by Gasteiger charge is 2.13. The molecule has 0 N–H and O–H groups in total. The molecule has 1 aliphatic rings. The van der Waals surface area contributed by atoms with Gasteiger partial charge in [0.25, 0.3) is 0 Å². The van der Waals surface area contributed by atoms with Gasteiger partial charge in [-0.05, 0) is 32.3 Å². The van der Waals surface area contributed by atoms with Crippen LogP contribution in [0.15, 0.2) is 29.4 Å². The third-order valence-electron chi connectivity index (χ3n) is 2.52. The van der Waals surface area contributed by atoms with Gasteiger partial charge in [0, 0.05) is 0 Å². The summed E-state index contributed by atoms with van der Waals surface area (Å²) in [5.74, 6) is 0. The molecule has 1 aliphatic heterocycles. The highest BCUT2D eigenvalue weighted by Crippen LogP contribution is 2.16. The average Bonchev–Trinajstić information content (AvgIpc) is 2.21. The topological polar surface area (TPSA) is 21.6 Å². The first-order valence-electron chi connectivity index (χ1n) is 5.05. The van der Waals surface area contributed by atoms with E-state index in [9.17, 15) is 0 Å². The second kappa shape index (κ2) is 3.82. The molecule has 2 heteroatoms. The van der Waals surface area contributed by atoms with Crippen LogP contribution < -0.4 is 0 Å². The van der Waals surface area contributed by atoms with Gasteiger partial charge >= 0.3 is 0 Å². The van der Waals surface area contributed by atoms with Crippen molar-refractivity contribution in [2.75, 3.05) is 0 Å². The average molecular weight is 189 g/mol.